The fourth-order valence-electron chi connectivity index (χ4n) is 1.99. The molecule has 0 radical (unpaired) electrons. The van der Waals surface area contributed by atoms with Crippen molar-refractivity contribution in [3.8, 4) is 0 Å². The van der Waals surface area contributed by atoms with Gasteiger partial charge in [-0.2, -0.15) is 0 Å². The first kappa shape index (κ1) is 13.9. The van der Waals surface area contributed by atoms with Gasteiger partial charge in [0.2, 0.25) is 0 Å². The second-order valence-corrected chi connectivity index (χ2v) is 4.51. The van der Waals surface area contributed by atoms with Gasteiger partial charge < -0.3 is 11.1 Å². The van der Waals surface area contributed by atoms with Gasteiger partial charge in [0.25, 0.3) is 5.56 Å². The summed E-state index contributed by atoms with van der Waals surface area (Å²) in [5.41, 5.74) is 6.22. The number of benzene rings is 1. The molecule has 0 spiro atoms. The summed E-state index contributed by atoms with van der Waals surface area (Å²) in [6.45, 7) is 2.88. The van der Waals surface area contributed by atoms with Crippen molar-refractivity contribution >= 4 is 11.5 Å². The first-order chi connectivity index (χ1) is 9.63. The summed E-state index contributed by atoms with van der Waals surface area (Å²) in [7, 11) is 0. The molecule has 6 nitrogen and oxygen atoms in total. The van der Waals surface area contributed by atoms with Gasteiger partial charge in [-0.1, -0.05) is 37.3 Å². The van der Waals surface area contributed by atoms with Crippen LogP contribution < -0.4 is 22.3 Å². The van der Waals surface area contributed by atoms with E-state index in [1.165, 1.54) is 4.57 Å². The topological polar surface area (TPSA) is 92.9 Å². The highest BCUT2D eigenvalue weighted by molar-refractivity contribution is 5.60. The minimum absolute atomic E-state index is 0.177. The molecule has 0 aliphatic heterocycles. The predicted octanol–water partition coefficient (Wildman–Crippen LogP) is 1.14. The number of nitrogens with zero attached hydrogens (tertiary/aromatic N) is 1. The summed E-state index contributed by atoms with van der Waals surface area (Å²) in [6, 6.07) is 9.65. The molecule has 4 N–H and O–H groups in total. The Kier molecular flexibility index (Phi) is 4.24. The third-order valence-electron chi connectivity index (χ3n) is 3.00. The van der Waals surface area contributed by atoms with Crippen LogP contribution in [0.1, 0.15) is 18.9 Å². The number of H-pyrrole nitrogens is 1. The van der Waals surface area contributed by atoms with E-state index in [1.54, 1.807) is 0 Å². The number of hydrogen-bond donors (Lipinski definition) is 3. The molecule has 0 amide bonds. The van der Waals surface area contributed by atoms with Crippen LogP contribution in [0.5, 0.6) is 0 Å². The molecule has 0 aliphatic rings. The van der Waals surface area contributed by atoms with Crippen molar-refractivity contribution in [3.63, 3.8) is 0 Å². The van der Waals surface area contributed by atoms with Crippen LogP contribution in [0, 0.1) is 0 Å². The standard InChI is InChI=1S/C14H18N4O2/c1-2-8-18-12(15)11(13(19)17-14(18)20)16-9-10-6-4-3-5-7-10/h3-7,16H,2,8-9,15H2,1H3,(H,17,19,20). The fraction of sp³-hybridized carbons (Fsp3) is 0.286. The van der Waals surface area contributed by atoms with E-state index >= 15 is 0 Å². The maximum Gasteiger partial charge on any atom is 0.330 e. The minimum Gasteiger partial charge on any atom is -0.383 e. The number of nitrogens with one attached hydrogen (secondary N) is 2. The van der Waals surface area contributed by atoms with Crippen LogP contribution in [-0.2, 0) is 13.1 Å². The molecule has 1 aromatic carbocycles. The molecule has 2 aromatic rings. The number of aromatic nitrogens is 2. The van der Waals surface area contributed by atoms with E-state index in [4.69, 9.17) is 5.73 Å². The smallest absolute Gasteiger partial charge is 0.330 e. The van der Waals surface area contributed by atoms with Crippen molar-refractivity contribution < 1.29 is 0 Å². The molecular weight excluding hydrogens is 256 g/mol. The molecule has 20 heavy (non-hydrogen) atoms. The molecule has 0 saturated carbocycles. The fourth-order valence-corrected chi connectivity index (χ4v) is 1.99. The van der Waals surface area contributed by atoms with Crippen molar-refractivity contribution in [1.82, 2.24) is 9.55 Å². The Balaban J connectivity index is 2.30. The van der Waals surface area contributed by atoms with Gasteiger partial charge in [-0.3, -0.25) is 14.3 Å². The Labute approximate surface area is 116 Å². The Bertz CT molecular complexity index is 689. The van der Waals surface area contributed by atoms with Crippen molar-refractivity contribution in [2.45, 2.75) is 26.4 Å². The maximum absolute atomic E-state index is 11.8. The van der Waals surface area contributed by atoms with E-state index in [-0.39, 0.29) is 11.5 Å². The molecule has 0 unspecified atom stereocenters. The van der Waals surface area contributed by atoms with Crippen LogP contribution in [0.2, 0.25) is 0 Å². The predicted molar refractivity (Wildman–Crippen MR) is 79.8 cm³/mol. The highest BCUT2D eigenvalue weighted by atomic mass is 16.2. The van der Waals surface area contributed by atoms with Crippen LogP contribution in [-0.4, -0.2) is 9.55 Å². The molecule has 0 bridgehead atoms. The van der Waals surface area contributed by atoms with E-state index in [2.05, 4.69) is 10.3 Å². The van der Waals surface area contributed by atoms with E-state index in [9.17, 15) is 9.59 Å². The number of nitrogen functional groups attached to an aromatic ring is 1. The molecule has 2 rings (SSSR count). The van der Waals surface area contributed by atoms with E-state index in [1.807, 2.05) is 37.3 Å². The molecule has 0 aliphatic carbocycles. The highest BCUT2D eigenvalue weighted by Gasteiger charge is 2.11. The summed E-state index contributed by atoms with van der Waals surface area (Å²) < 4.78 is 1.37. The normalized spacial score (nSPS) is 10.4. The summed E-state index contributed by atoms with van der Waals surface area (Å²) in [6.07, 6.45) is 0.758. The SMILES string of the molecule is CCCn1c(N)c(NCc2ccccc2)c(=O)[nH]c1=O. The molecular formula is C14H18N4O2. The van der Waals surface area contributed by atoms with Gasteiger partial charge in [0.15, 0.2) is 0 Å². The van der Waals surface area contributed by atoms with Crippen molar-refractivity contribution in [1.29, 1.82) is 0 Å². The first-order valence-electron chi connectivity index (χ1n) is 6.54. The zero-order valence-electron chi connectivity index (χ0n) is 11.3. The first-order valence-corrected chi connectivity index (χ1v) is 6.54. The number of rotatable bonds is 5. The van der Waals surface area contributed by atoms with Crippen LogP contribution >= 0.6 is 0 Å². The lowest BCUT2D eigenvalue weighted by Gasteiger charge is -2.13. The lowest BCUT2D eigenvalue weighted by molar-refractivity contribution is 0.642. The Morgan fingerprint density at radius 3 is 2.60 bits per heavy atom. The van der Waals surface area contributed by atoms with Gasteiger partial charge in [-0.15, -0.1) is 0 Å². The van der Waals surface area contributed by atoms with Gasteiger partial charge in [0.1, 0.15) is 11.5 Å². The molecule has 0 atom stereocenters. The summed E-state index contributed by atoms with van der Waals surface area (Å²) in [4.78, 5) is 25.8. The van der Waals surface area contributed by atoms with Gasteiger partial charge in [-0.05, 0) is 12.0 Å². The number of hydrogen-bond acceptors (Lipinski definition) is 4. The van der Waals surface area contributed by atoms with Crippen LogP contribution in [0.25, 0.3) is 0 Å². The molecule has 1 heterocycles. The van der Waals surface area contributed by atoms with Gasteiger partial charge >= 0.3 is 5.69 Å². The average molecular weight is 274 g/mol. The second-order valence-electron chi connectivity index (χ2n) is 4.51. The van der Waals surface area contributed by atoms with Crippen molar-refractivity contribution in [2.75, 3.05) is 11.1 Å². The van der Waals surface area contributed by atoms with Gasteiger partial charge in [0, 0.05) is 13.1 Å². The van der Waals surface area contributed by atoms with Crippen molar-refractivity contribution in [2.24, 2.45) is 0 Å². The molecule has 106 valence electrons. The largest absolute Gasteiger partial charge is 0.383 e. The summed E-state index contributed by atoms with van der Waals surface area (Å²) in [5.74, 6) is 0.177. The van der Waals surface area contributed by atoms with E-state index in [0.717, 1.165) is 12.0 Å². The minimum atomic E-state index is -0.490. The maximum atomic E-state index is 11.8. The van der Waals surface area contributed by atoms with E-state index in [0.29, 0.717) is 13.1 Å². The van der Waals surface area contributed by atoms with Gasteiger partial charge in [0.05, 0.1) is 0 Å². The quantitative estimate of drug-likeness (QED) is 0.762. The lowest BCUT2D eigenvalue weighted by Crippen LogP contribution is -2.34. The lowest BCUT2D eigenvalue weighted by atomic mass is 10.2. The zero-order chi connectivity index (χ0) is 14.5. The van der Waals surface area contributed by atoms with Crippen molar-refractivity contribution in [3.05, 3.63) is 56.7 Å². The van der Waals surface area contributed by atoms with E-state index < -0.39 is 11.2 Å². The Morgan fingerprint density at radius 1 is 1.25 bits per heavy atom. The number of nitrogens with two attached hydrogens (primary N) is 1. The van der Waals surface area contributed by atoms with Crippen LogP contribution in [0.15, 0.2) is 39.9 Å². The third-order valence-corrected chi connectivity index (χ3v) is 3.00. The number of anilines is 2. The third kappa shape index (κ3) is 2.90. The van der Waals surface area contributed by atoms with Gasteiger partial charge in [-0.25, -0.2) is 4.79 Å². The molecule has 0 saturated heterocycles. The van der Waals surface area contributed by atoms with Crippen LogP contribution in [0.4, 0.5) is 11.5 Å². The molecule has 6 heteroatoms. The molecule has 0 fully saturated rings. The average Bonchev–Trinajstić information content (AvgIpc) is 2.44. The highest BCUT2D eigenvalue weighted by Crippen LogP contribution is 2.12. The Hall–Kier alpha value is -2.50. The summed E-state index contributed by atoms with van der Waals surface area (Å²) in [5, 5.41) is 3.00. The zero-order valence-corrected chi connectivity index (χ0v) is 11.3. The molecule has 1 aromatic heterocycles. The Morgan fingerprint density at radius 2 is 1.95 bits per heavy atom. The monoisotopic (exact) mass is 274 g/mol. The number of aromatic amines is 1. The summed E-state index contributed by atoms with van der Waals surface area (Å²) >= 11 is 0. The second kappa shape index (κ2) is 6.10. The van der Waals surface area contributed by atoms with Crippen LogP contribution in [0.3, 0.4) is 0 Å².